The van der Waals surface area contributed by atoms with E-state index in [1.54, 1.807) is 36.4 Å². The molecular weight excluding hydrogens is 472 g/mol. The van der Waals surface area contributed by atoms with Crippen molar-refractivity contribution in [1.82, 2.24) is 10.2 Å². The molecule has 0 bridgehead atoms. The van der Waals surface area contributed by atoms with Crippen molar-refractivity contribution < 1.29 is 18.7 Å². The van der Waals surface area contributed by atoms with Crippen LogP contribution < -0.4 is 5.32 Å². The minimum atomic E-state index is -0.285. The van der Waals surface area contributed by atoms with Gasteiger partial charge >= 0.3 is 0 Å². The maximum Gasteiger partial charge on any atom is 0.252 e. The van der Waals surface area contributed by atoms with E-state index >= 15 is 0 Å². The lowest BCUT2D eigenvalue weighted by Crippen LogP contribution is -2.43. The van der Waals surface area contributed by atoms with Crippen molar-refractivity contribution in [3.63, 3.8) is 0 Å². The summed E-state index contributed by atoms with van der Waals surface area (Å²) in [5.74, 6) is 1.17. The predicted molar refractivity (Wildman–Crippen MR) is 125 cm³/mol. The van der Waals surface area contributed by atoms with Gasteiger partial charge < -0.3 is 14.5 Å². The first-order valence-electron chi connectivity index (χ1n) is 10.6. The van der Waals surface area contributed by atoms with Gasteiger partial charge in [0.1, 0.15) is 11.5 Å². The van der Waals surface area contributed by atoms with Crippen LogP contribution in [0.15, 0.2) is 69.6 Å². The van der Waals surface area contributed by atoms with E-state index in [9.17, 15) is 9.59 Å². The van der Waals surface area contributed by atoms with Gasteiger partial charge in [-0.2, -0.15) is 0 Å². The van der Waals surface area contributed by atoms with Crippen molar-refractivity contribution in [3.8, 4) is 0 Å². The molecule has 32 heavy (non-hydrogen) atoms. The van der Waals surface area contributed by atoms with Gasteiger partial charge in [-0.3, -0.25) is 14.5 Å². The molecule has 6 nitrogen and oxygen atoms in total. The second-order valence-electron chi connectivity index (χ2n) is 7.70. The molecule has 2 heterocycles. The third-order valence-electron chi connectivity index (χ3n) is 5.55. The Kier molecular flexibility index (Phi) is 7.19. The Labute approximate surface area is 195 Å². The molecule has 4 rings (SSSR count). The molecule has 1 aliphatic heterocycles. The summed E-state index contributed by atoms with van der Waals surface area (Å²) in [5, 5.41) is 3.02. The lowest BCUT2D eigenvalue weighted by Gasteiger charge is -2.33. The van der Waals surface area contributed by atoms with Gasteiger partial charge in [0.25, 0.3) is 5.91 Å². The average Bonchev–Trinajstić information content (AvgIpc) is 3.25. The Morgan fingerprint density at radius 1 is 1.00 bits per heavy atom. The summed E-state index contributed by atoms with van der Waals surface area (Å²) in [4.78, 5) is 28.4. The minimum absolute atomic E-state index is 0.106. The molecule has 0 spiro atoms. The molecule has 1 amide bonds. The highest BCUT2D eigenvalue weighted by molar-refractivity contribution is 9.10. The van der Waals surface area contributed by atoms with Gasteiger partial charge in [-0.05, 0) is 49.4 Å². The summed E-state index contributed by atoms with van der Waals surface area (Å²) >= 11 is 3.38. The normalized spacial score (nSPS) is 15.3. The molecule has 2 aromatic carbocycles. The molecule has 1 atom stereocenters. The number of morpholine rings is 1. The van der Waals surface area contributed by atoms with Crippen LogP contribution in [0.4, 0.5) is 0 Å². The Balaban J connectivity index is 1.53. The van der Waals surface area contributed by atoms with E-state index in [0.29, 0.717) is 36.4 Å². The molecule has 1 aliphatic rings. The number of nitrogens with one attached hydrogen (secondary N) is 1. The van der Waals surface area contributed by atoms with Crippen LogP contribution in [-0.4, -0.2) is 49.4 Å². The SMILES string of the molecule is Cc1ccc(C(CNC(=O)c2ccccc2C(=O)c2ccc(Br)cc2)N2CCOCC2)o1. The zero-order valence-electron chi connectivity index (χ0n) is 17.8. The number of aryl methyl sites for hydroxylation is 1. The number of nitrogens with zero attached hydrogens (tertiary/aromatic N) is 1. The topological polar surface area (TPSA) is 71.8 Å². The minimum Gasteiger partial charge on any atom is -0.465 e. The molecule has 1 saturated heterocycles. The van der Waals surface area contributed by atoms with E-state index in [2.05, 4.69) is 26.1 Å². The first-order valence-corrected chi connectivity index (χ1v) is 11.4. The van der Waals surface area contributed by atoms with Crippen LogP contribution >= 0.6 is 15.9 Å². The van der Waals surface area contributed by atoms with E-state index in [1.807, 2.05) is 31.2 Å². The fourth-order valence-corrected chi connectivity index (χ4v) is 4.12. The van der Waals surface area contributed by atoms with Crippen LogP contribution in [0.1, 0.15) is 43.8 Å². The van der Waals surface area contributed by atoms with E-state index in [1.165, 1.54) is 0 Å². The smallest absolute Gasteiger partial charge is 0.252 e. The van der Waals surface area contributed by atoms with Crippen molar-refractivity contribution >= 4 is 27.6 Å². The number of halogens is 1. The molecule has 0 aliphatic carbocycles. The third-order valence-corrected chi connectivity index (χ3v) is 6.08. The van der Waals surface area contributed by atoms with Crippen molar-refractivity contribution in [1.29, 1.82) is 0 Å². The molecule has 7 heteroatoms. The molecule has 1 aromatic heterocycles. The summed E-state index contributed by atoms with van der Waals surface area (Å²) in [7, 11) is 0. The number of ketones is 1. The Morgan fingerprint density at radius 2 is 1.69 bits per heavy atom. The highest BCUT2D eigenvalue weighted by Gasteiger charge is 2.26. The summed E-state index contributed by atoms with van der Waals surface area (Å²) in [5.41, 5.74) is 1.27. The molecule has 166 valence electrons. The van der Waals surface area contributed by atoms with Gasteiger partial charge in [0, 0.05) is 35.2 Å². The standard InChI is InChI=1S/C25H25BrN2O4/c1-17-6-11-23(32-17)22(28-12-14-31-15-13-28)16-27-25(30)21-5-3-2-4-20(21)24(29)18-7-9-19(26)10-8-18/h2-11,22H,12-16H2,1H3,(H,27,30). The van der Waals surface area contributed by atoms with E-state index in [4.69, 9.17) is 9.15 Å². The summed E-state index contributed by atoms with van der Waals surface area (Å²) < 4.78 is 12.2. The van der Waals surface area contributed by atoms with E-state index < -0.39 is 0 Å². The number of ether oxygens (including phenoxy) is 1. The summed E-state index contributed by atoms with van der Waals surface area (Å²) in [6.07, 6.45) is 0. The largest absolute Gasteiger partial charge is 0.465 e. The zero-order valence-corrected chi connectivity index (χ0v) is 19.4. The van der Waals surface area contributed by atoms with Crippen LogP contribution in [0.5, 0.6) is 0 Å². The predicted octanol–water partition coefficient (Wildman–Crippen LogP) is 4.38. The number of furan rings is 1. The summed E-state index contributed by atoms with van der Waals surface area (Å²) in [6.45, 7) is 5.09. The van der Waals surface area contributed by atoms with Gasteiger partial charge in [0.15, 0.2) is 5.78 Å². The highest BCUT2D eigenvalue weighted by atomic mass is 79.9. The number of benzene rings is 2. The summed E-state index contributed by atoms with van der Waals surface area (Å²) in [6, 6.07) is 17.8. The van der Waals surface area contributed by atoms with Crippen molar-refractivity contribution in [3.05, 3.63) is 93.3 Å². The van der Waals surface area contributed by atoms with Gasteiger partial charge in [-0.1, -0.05) is 34.1 Å². The van der Waals surface area contributed by atoms with Crippen LogP contribution in [-0.2, 0) is 4.74 Å². The molecule has 0 saturated carbocycles. The first-order chi connectivity index (χ1) is 15.5. The van der Waals surface area contributed by atoms with Gasteiger partial charge in [-0.15, -0.1) is 0 Å². The maximum absolute atomic E-state index is 13.1. The second kappa shape index (κ2) is 10.3. The Hall–Kier alpha value is -2.74. The van der Waals surface area contributed by atoms with Crippen molar-refractivity contribution in [2.45, 2.75) is 13.0 Å². The van der Waals surface area contributed by atoms with Crippen LogP contribution in [0, 0.1) is 6.92 Å². The fraction of sp³-hybridized carbons (Fsp3) is 0.280. The monoisotopic (exact) mass is 496 g/mol. The van der Waals surface area contributed by atoms with Gasteiger partial charge in [0.2, 0.25) is 0 Å². The number of carbonyl (C=O) groups is 2. The number of carbonyl (C=O) groups excluding carboxylic acids is 2. The average molecular weight is 497 g/mol. The van der Waals surface area contributed by atoms with Gasteiger partial charge in [-0.25, -0.2) is 0 Å². The molecule has 3 aromatic rings. The van der Waals surface area contributed by atoms with Crippen LogP contribution in [0.2, 0.25) is 0 Å². The fourth-order valence-electron chi connectivity index (χ4n) is 3.85. The van der Waals surface area contributed by atoms with Crippen LogP contribution in [0.3, 0.4) is 0 Å². The lowest BCUT2D eigenvalue weighted by molar-refractivity contribution is 0.0117. The highest BCUT2D eigenvalue weighted by Crippen LogP contribution is 2.24. The van der Waals surface area contributed by atoms with E-state index in [-0.39, 0.29) is 17.7 Å². The Morgan fingerprint density at radius 3 is 2.34 bits per heavy atom. The van der Waals surface area contributed by atoms with Crippen molar-refractivity contribution in [2.24, 2.45) is 0 Å². The molecule has 1 fully saturated rings. The van der Waals surface area contributed by atoms with E-state index in [0.717, 1.165) is 29.1 Å². The lowest BCUT2D eigenvalue weighted by atomic mass is 9.98. The molecular formula is C25H25BrN2O4. The number of amides is 1. The quantitative estimate of drug-likeness (QED) is 0.491. The molecule has 1 N–H and O–H groups in total. The molecule has 0 radical (unpaired) electrons. The first kappa shape index (κ1) is 22.5. The van der Waals surface area contributed by atoms with Crippen molar-refractivity contribution in [2.75, 3.05) is 32.8 Å². The number of hydrogen-bond donors (Lipinski definition) is 1. The molecule has 1 unspecified atom stereocenters. The second-order valence-corrected chi connectivity index (χ2v) is 8.62. The van der Waals surface area contributed by atoms with Gasteiger partial charge in [0.05, 0.1) is 24.8 Å². The number of rotatable bonds is 7. The van der Waals surface area contributed by atoms with Crippen LogP contribution in [0.25, 0.3) is 0 Å². The number of hydrogen-bond acceptors (Lipinski definition) is 5. The Bertz CT molecular complexity index is 1090. The third kappa shape index (κ3) is 5.18. The maximum atomic E-state index is 13.1. The zero-order chi connectivity index (χ0) is 22.5.